The predicted molar refractivity (Wildman–Crippen MR) is 66.5 cm³/mol. The van der Waals surface area contributed by atoms with Gasteiger partial charge in [-0.1, -0.05) is 0 Å². The van der Waals surface area contributed by atoms with Crippen LogP contribution in [0.5, 0.6) is 0 Å². The summed E-state index contributed by atoms with van der Waals surface area (Å²) in [5, 5.41) is 8.69. The Morgan fingerprint density at radius 2 is 2.00 bits per heavy atom. The number of carboxylic acid groups (broad SMARTS) is 1. The number of amides is 2. The third kappa shape index (κ3) is 4.91. The molecule has 0 radical (unpaired) electrons. The number of carboxylic acids is 1. The average Bonchev–Trinajstić information content (AvgIpc) is 3.13. The van der Waals surface area contributed by atoms with Gasteiger partial charge in [0.25, 0.3) is 0 Å². The molecule has 1 saturated carbocycles. The molecule has 1 aliphatic rings. The Balaban J connectivity index is 2.40. The fourth-order valence-electron chi connectivity index (χ4n) is 1.80. The highest BCUT2D eigenvalue weighted by molar-refractivity contribution is 5.76. The van der Waals surface area contributed by atoms with Crippen LogP contribution in [0.1, 0.15) is 25.7 Å². The van der Waals surface area contributed by atoms with Gasteiger partial charge in [-0.3, -0.25) is 4.79 Å². The Bertz CT molecular complexity index is 292. The molecule has 18 heavy (non-hydrogen) atoms. The summed E-state index contributed by atoms with van der Waals surface area (Å²) in [5.74, 6) is -0.865. The van der Waals surface area contributed by atoms with Crippen molar-refractivity contribution >= 4 is 12.0 Å². The first-order valence-electron chi connectivity index (χ1n) is 6.28. The highest BCUT2D eigenvalue weighted by Gasteiger charge is 2.33. The molecule has 0 aromatic rings. The molecule has 6 heteroatoms. The van der Waals surface area contributed by atoms with Crippen LogP contribution in [0, 0.1) is 0 Å². The fourth-order valence-corrected chi connectivity index (χ4v) is 1.80. The van der Waals surface area contributed by atoms with Gasteiger partial charge in [-0.05, 0) is 19.3 Å². The van der Waals surface area contributed by atoms with Crippen molar-refractivity contribution < 1.29 is 19.4 Å². The molecule has 0 atom stereocenters. The summed E-state index contributed by atoms with van der Waals surface area (Å²) in [6.45, 7) is 1.55. The lowest BCUT2D eigenvalue weighted by molar-refractivity contribution is -0.137. The number of ether oxygens (including phenoxy) is 1. The van der Waals surface area contributed by atoms with E-state index in [1.54, 1.807) is 24.0 Å². The highest BCUT2D eigenvalue weighted by Crippen LogP contribution is 2.27. The van der Waals surface area contributed by atoms with Crippen LogP contribution >= 0.6 is 0 Å². The molecule has 0 heterocycles. The summed E-state index contributed by atoms with van der Waals surface area (Å²) < 4.78 is 4.94. The molecule has 6 nitrogen and oxygen atoms in total. The highest BCUT2D eigenvalue weighted by atomic mass is 16.5. The lowest BCUT2D eigenvalue weighted by atomic mass is 10.3. The van der Waals surface area contributed by atoms with Gasteiger partial charge in [0.1, 0.15) is 0 Å². The Kier molecular flexibility index (Phi) is 5.91. The van der Waals surface area contributed by atoms with Crippen LogP contribution in [0.25, 0.3) is 0 Å². The zero-order chi connectivity index (χ0) is 13.5. The molecule has 1 N–H and O–H groups in total. The van der Waals surface area contributed by atoms with Crippen molar-refractivity contribution in [2.45, 2.75) is 31.7 Å². The normalized spacial score (nSPS) is 14.3. The molecule has 104 valence electrons. The Morgan fingerprint density at radius 1 is 1.33 bits per heavy atom. The van der Waals surface area contributed by atoms with E-state index in [0.29, 0.717) is 19.7 Å². The van der Waals surface area contributed by atoms with E-state index >= 15 is 0 Å². The quantitative estimate of drug-likeness (QED) is 0.660. The van der Waals surface area contributed by atoms with E-state index < -0.39 is 5.97 Å². The number of hydrogen-bond donors (Lipinski definition) is 1. The third-order valence-electron chi connectivity index (χ3n) is 2.97. The largest absolute Gasteiger partial charge is 0.481 e. The molecule has 1 rings (SSSR count). The Labute approximate surface area is 107 Å². The van der Waals surface area contributed by atoms with Crippen LogP contribution in [0.2, 0.25) is 0 Å². The molecule has 0 aromatic carbocycles. The van der Waals surface area contributed by atoms with E-state index in [9.17, 15) is 9.59 Å². The molecule has 1 aliphatic carbocycles. The minimum Gasteiger partial charge on any atom is -0.481 e. The predicted octanol–water partition coefficient (Wildman–Crippen LogP) is 1.01. The zero-order valence-electron chi connectivity index (χ0n) is 11.1. The minimum atomic E-state index is -0.865. The summed E-state index contributed by atoms with van der Waals surface area (Å²) in [6, 6.07) is 0.163. The second kappa shape index (κ2) is 7.20. The molecule has 0 spiro atoms. The van der Waals surface area contributed by atoms with Crippen molar-refractivity contribution in [2.75, 3.05) is 33.9 Å². The maximum atomic E-state index is 12.1. The molecule has 0 unspecified atom stereocenters. The lowest BCUT2D eigenvalue weighted by Crippen LogP contribution is -2.43. The average molecular weight is 258 g/mol. The maximum absolute atomic E-state index is 12.1. The smallest absolute Gasteiger partial charge is 0.320 e. The van der Waals surface area contributed by atoms with Crippen LogP contribution in [-0.2, 0) is 9.53 Å². The number of carbonyl (C=O) groups excluding carboxylic acids is 1. The number of carbonyl (C=O) groups is 2. The molecular weight excluding hydrogens is 236 g/mol. The number of methoxy groups -OCH3 is 1. The van der Waals surface area contributed by atoms with E-state index in [1.807, 2.05) is 0 Å². The van der Waals surface area contributed by atoms with Gasteiger partial charge in [0.15, 0.2) is 0 Å². The van der Waals surface area contributed by atoms with Crippen LogP contribution in [0.3, 0.4) is 0 Å². The number of hydrogen-bond acceptors (Lipinski definition) is 3. The zero-order valence-corrected chi connectivity index (χ0v) is 11.1. The molecular formula is C12H22N2O4. The van der Waals surface area contributed by atoms with Crippen molar-refractivity contribution in [1.82, 2.24) is 9.80 Å². The lowest BCUT2D eigenvalue weighted by Gasteiger charge is -2.27. The van der Waals surface area contributed by atoms with Crippen molar-refractivity contribution in [2.24, 2.45) is 0 Å². The van der Waals surface area contributed by atoms with Gasteiger partial charge in [0.05, 0.1) is 6.42 Å². The van der Waals surface area contributed by atoms with Gasteiger partial charge in [-0.2, -0.15) is 0 Å². The Hall–Kier alpha value is -1.30. The van der Waals surface area contributed by atoms with Crippen molar-refractivity contribution in [1.29, 1.82) is 0 Å². The fraction of sp³-hybridized carbons (Fsp3) is 0.833. The van der Waals surface area contributed by atoms with Gasteiger partial charge >= 0.3 is 12.0 Å². The van der Waals surface area contributed by atoms with Crippen LogP contribution in [0.4, 0.5) is 4.79 Å². The van der Waals surface area contributed by atoms with Crippen molar-refractivity contribution in [3.8, 4) is 0 Å². The summed E-state index contributed by atoms with van der Waals surface area (Å²) in [7, 11) is 3.37. The summed E-state index contributed by atoms with van der Waals surface area (Å²) >= 11 is 0. The second-order valence-electron chi connectivity index (χ2n) is 4.62. The molecule has 0 bridgehead atoms. The molecule has 0 aromatic heterocycles. The van der Waals surface area contributed by atoms with Crippen molar-refractivity contribution in [3.63, 3.8) is 0 Å². The maximum Gasteiger partial charge on any atom is 0.320 e. The number of aliphatic carboxylic acids is 1. The number of rotatable bonds is 8. The number of urea groups is 1. The van der Waals surface area contributed by atoms with E-state index in [0.717, 1.165) is 19.3 Å². The van der Waals surface area contributed by atoms with E-state index in [4.69, 9.17) is 9.84 Å². The van der Waals surface area contributed by atoms with Gasteiger partial charge in [0, 0.05) is 39.9 Å². The first kappa shape index (κ1) is 14.8. The summed E-state index contributed by atoms with van der Waals surface area (Å²) in [5.41, 5.74) is 0. The third-order valence-corrected chi connectivity index (χ3v) is 2.97. The topological polar surface area (TPSA) is 70.1 Å². The minimum absolute atomic E-state index is 0.00809. The van der Waals surface area contributed by atoms with Crippen LogP contribution < -0.4 is 0 Å². The van der Waals surface area contributed by atoms with Gasteiger partial charge in [0.2, 0.25) is 0 Å². The van der Waals surface area contributed by atoms with Gasteiger partial charge in [-0.25, -0.2) is 4.79 Å². The molecule has 0 saturated heterocycles. The number of nitrogens with zero attached hydrogens (tertiary/aromatic N) is 2. The molecule has 2 amide bonds. The SMILES string of the molecule is COCCCN(C)C(=O)N(CCC(=O)O)C1CC1. The monoisotopic (exact) mass is 258 g/mol. The summed E-state index contributed by atoms with van der Waals surface area (Å²) in [4.78, 5) is 26.1. The van der Waals surface area contributed by atoms with Crippen molar-refractivity contribution in [3.05, 3.63) is 0 Å². The Morgan fingerprint density at radius 3 is 2.50 bits per heavy atom. The first-order valence-corrected chi connectivity index (χ1v) is 6.28. The van der Waals surface area contributed by atoms with E-state index in [2.05, 4.69) is 0 Å². The van der Waals surface area contributed by atoms with Crippen LogP contribution in [-0.4, -0.2) is 66.8 Å². The first-order chi connectivity index (χ1) is 8.56. The van der Waals surface area contributed by atoms with E-state index in [1.165, 1.54) is 0 Å². The van der Waals surface area contributed by atoms with E-state index in [-0.39, 0.29) is 18.5 Å². The second-order valence-corrected chi connectivity index (χ2v) is 4.62. The van der Waals surface area contributed by atoms with Gasteiger partial charge < -0.3 is 19.6 Å². The summed E-state index contributed by atoms with van der Waals surface area (Å²) in [6.07, 6.45) is 2.76. The molecule has 0 aliphatic heterocycles. The molecule has 1 fully saturated rings. The van der Waals surface area contributed by atoms with Crippen LogP contribution in [0.15, 0.2) is 0 Å². The standard InChI is InChI=1S/C12H22N2O4/c1-13(7-3-9-18-2)12(17)14(10-4-5-10)8-6-11(15)16/h10H,3-9H2,1-2H3,(H,15,16). The van der Waals surface area contributed by atoms with Gasteiger partial charge in [-0.15, -0.1) is 0 Å².